The Balaban J connectivity index is 3.37. The smallest absolute Gasteiger partial charge is 0.266 e. The van der Waals surface area contributed by atoms with Crippen molar-refractivity contribution >= 4 is 0 Å². The summed E-state index contributed by atoms with van der Waals surface area (Å²) in [7, 11) is 1.35. The maximum absolute atomic E-state index is 12.7. The average molecular weight is 218 g/mol. The molecular formula is C9H12F2N2O2. The summed E-state index contributed by atoms with van der Waals surface area (Å²) in [6.45, 7) is -0.630. The third kappa shape index (κ3) is 2.21. The highest BCUT2D eigenvalue weighted by atomic mass is 19.3. The summed E-state index contributed by atoms with van der Waals surface area (Å²) in [5.74, 6) is 0.213. The van der Waals surface area contributed by atoms with Crippen LogP contribution < -0.4 is 10.5 Å². The highest BCUT2D eigenvalue weighted by Crippen LogP contribution is 2.31. The van der Waals surface area contributed by atoms with Crippen LogP contribution in [-0.4, -0.2) is 17.2 Å². The summed E-state index contributed by atoms with van der Waals surface area (Å²) < 4.78 is 30.3. The zero-order chi connectivity index (χ0) is 11.4. The molecule has 0 aliphatic rings. The second kappa shape index (κ2) is 4.99. The standard InChI is InChI=1S/C9H12F2N2O2/c1-15-7-3-13-6(4-14)8(9(10)11)5(7)2-12/h3,9,14H,2,4,12H2,1H3. The number of aliphatic hydroxyl groups is 1. The van der Waals surface area contributed by atoms with Crippen LogP contribution in [0.1, 0.15) is 23.2 Å². The molecule has 1 heterocycles. The van der Waals surface area contributed by atoms with Gasteiger partial charge in [0, 0.05) is 17.7 Å². The summed E-state index contributed by atoms with van der Waals surface area (Å²) in [6.07, 6.45) is -1.45. The molecule has 0 fully saturated rings. The molecule has 15 heavy (non-hydrogen) atoms. The van der Waals surface area contributed by atoms with E-state index in [-0.39, 0.29) is 29.1 Å². The molecule has 1 aromatic rings. The Hall–Kier alpha value is -1.27. The number of aromatic nitrogens is 1. The van der Waals surface area contributed by atoms with Gasteiger partial charge in [0.2, 0.25) is 0 Å². The van der Waals surface area contributed by atoms with Crippen molar-refractivity contribution in [3.05, 3.63) is 23.0 Å². The number of ether oxygens (including phenoxy) is 1. The molecule has 0 aliphatic heterocycles. The van der Waals surface area contributed by atoms with E-state index in [4.69, 9.17) is 15.6 Å². The van der Waals surface area contributed by atoms with Crippen molar-refractivity contribution in [2.75, 3.05) is 7.11 Å². The number of alkyl halides is 2. The summed E-state index contributed by atoms with van der Waals surface area (Å²) in [5.41, 5.74) is 5.15. The predicted octanol–water partition coefficient (Wildman–Crippen LogP) is 0.979. The van der Waals surface area contributed by atoms with E-state index in [1.165, 1.54) is 13.3 Å². The first-order valence-corrected chi connectivity index (χ1v) is 4.29. The fraction of sp³-hybridized carbons (Fsp3) is 0.444. The van der Waals surface area contributed by atoms with Crippen LogP contribution in [0.4, 0.5) is 8.78 Å². The molecule has 6 heteroatoms. The minimum atomic E-state index is -2.73. The van der Waals surface area contributed by atoms with E-state index in [1.54, 1.807) is 0 Å². The number of pyridine rings is 1. The molecule has 0 amide bonds. The van der Waals surface area contributed by atoms with E-state index < -0.39 is 13.0 Å². The monoisotopic (exact) mass is 218 g/mol. The number of nitrogens with two attached hydrogens (primary N) is 1. The molecule has 0 aliphatic carbocycles. The van der Waals surface area contributed by atoms with Crippen molar-refractivity contribution in [3.63, 3.8) is 0 Å². The Morgan fingerprint density at radius 1 is 1.60 bits per heavy atom. The minimum Gasteiger partial charge on any atom is -0.495 e. The van der Waals surface area contributed by atoms with E-state index in [0.29, 0.717) is 0 Å². The average Bonchev–Trinajstić information content (AvgIpc) is 2.26. The van der Waals surface area contributed by atoms with Crippen molar-refractivity contribution < 1.29 is 18.6 Å². The Bertz CT molecular complexity index is 345. The van der Waals surface area contributed by atoms with Crippen molar-refractivity contribution in [2.24, 2.45) is 5.73 Å². The molecule has 0 bridgehead atoms. The maximum atomic E-state index is 12.7. The predicted molar refractivity (Wildman–Crippen MR) is 49.6 cm³/mol. The summed E-state index contributed by atoms with van der Waals surface area (Å²) in [4.78, 5) is 3.69. The number of halogens is 2. The first kappa shape index (κ1) is 11.8. The Morgan fingerprint density at radius 3 is 2.67 bits per heavy atom. The third-order valence-electron chi connectivity index (χ3n) is 2.06. The molecule has 0 saturated carbocycles. The van der Waals surface area contributed by atoms with Gasteiger partial charge < -0.3 is 15.6 Å². The van der Waals surface area contributed by atoms with E-state index in [9.17, 15) is 8.78 Å². The fourth-order valence-electron chi connectivity index (χ4n) is 1.36. The van der Waals surface area contributed by atoms with Gasteiger partial charge in [0.15, 0.2) is 0 Å². The van der Waals surface area contributed by atoms with E-state index >= 15 is 0 Å². The molecule has 0 spiro atoms. The van der Waals surface area contributed by atoms with Crippen LogP contribution >= 0.6 is 0 Å². The lowest BCUT2D eigenvalue weighted by molar-refractivity contribution is 0.144. The SMILES string of the molecule is COc1cnc(CO)c(C(F)F)c1CN. The highest BCUT2D eigenvalue weighted by Gasteiger charge is 2.21. The number of methoxy groups -OCH3 is 1. The van der Waals surface area contributed by atoms with Crippen LogP contribution in [0.25, 0.3) is 0 Å². The normalized spacial score (nSPS) is 10.8. The molecule has 0 radical (unpaired) electrons. The first-order chi connectivity index (χ1) is 7.15. The van der Waals surface area contributed by atoms with Gasteiger partial charge in [-0.05, 0) is 0 Å². The van der Waals surface area contributed by atoms with Crippen molar-refractivity contribution in [1.29, 1.82) is 0 Å². The molecule has 0 saturated heterocycles. The number of aliphatic hydroxyl groups excluding tert-OH is 1. The van der Waals surface area contributed by atoms with Gasteiger partial charge in [-0.3, -0.25) is 4.98 Å². The number of hydrogen-bond acceptors (Lipinski definition) is 4. The van der Waals surface area contributed by atoms with Gasteiger partial charge in [-0.25, -0.2) is 8.78 Å². The Kier molecular flexibility index (Phi) is 3.93. The van der Waals surface area contributed by atoms with Gasteiger partial charge in [0.1, 0.15) is 5.75 Å². The zero-order valence-electron chi connectivity index (χ0n) is 8.20. The Labute approximate surface area is 85.7 Å². The molecular weight excluding hydrogens is 206 g/mol. The molecule has 84 valence electrons. The molecule has 3 N–H and O–H groups in total. The number of hydrogen-bond donors (Lipinski definition) is 2. The topological polar surface area (TPSA) is 68.4 Å². The maximum Gasteiger partial charge on any atom is 0.266 e. The lowest BCUT2D eigenvalue weighted by atomic mass is 10.1. The Morgan fingerprint density at radius 2 is 2.27 bits per heavy atom. The summed E-state index contributed by atoms with van der Waals surface area (Å²) in [6, 6.07) is 0. The lowest BCUT2D eigenvalue weighted by Gasteiger charge is -2.14. The summed E-state index contributed by atoms with van der Waals surface area (Å²) >= 11 is 0. The number of nitrogens with zero attached hydrogens (tertiary/aromatic N) is 1. The van der Waals surface area contributed by atoms with Gasteiger partial charge in [0.25, 0.3) is 6.43 Å². The van der Waals surface area contributed by atoms with Crippen molar-refractivity contribution in [1.82, 2.24) is 4.98 Å². The molecule has 1 aromatic heterocycles. The third-order valence-corrected chi connectivity index (χ3v) is 2.06. The lowest BCUT2D eigenvalue weighted by Crippen LogP contribution is -2.10. The second-order valence-electron chi connectivity index (χ2n) is 2.83. The van der Waals surface area contributed by atoms with Gasteiger partial charge in [-0.1, -0.05) is 0 Å². The molecule has 0 unspecified atom stereocenters. The molecule has 0 atom stereocenters. The van der Waals surface area contributed by atoms with Crippen LogP contribution in [0.3, 0.4) is 0 Å². The van der Waals surface area contributed by atoms with Gasteiger partial charge >= 0.3 is 0 Å². The first-order valence-electron chi connectivity index (χ1n) is 4.29. The second-order valence-corrected chi connectivity index (χ2v) is 2.83. The summed E-state index contributed by atoms with van der Waals surface area (Å²) in [5, 5.41) is 8.87. The van der Waals surface area contributed by atoms with Crippen LogP contribution in [0.15, 0.2) is 6.20 Å². The molecule has 1 rings (SSSR count). The molecule has 0 aromatic carbocycles. The van der Waals surface area contributed by atoms with Crippen LogP contribution in [-0.2, 0) is 13.2 Å². The number of rotatable bonds is 4. The zero-order valence-corrected chi connectivity index (χ0v) is 8.20. The minimum absolute atomic E-state index is 0.0637. The van der Waals surface area contributed by atoms with Crippen LogP contribution in [0.2, 0.25) is 0 Å². The van der Waals surface area contributed by atoms with Crippen molar-refractivity contribution in [2.45, 2.75) is 19.6 Å². The van der Waals surface area contributed by atoms with Crippen molar-refractivity contribution in [3.8, 4) is 5.75 Å². The van der Waals surface area contributed by atoms with E-state index in [1.807, 2.05) is 0 Å². The quantitative estimate of drug-likeness (QED) is 0.790. The highest BCUT2D eigenvalue weighted by molar-refractivity contribution is 5.41. The van der Waals surface area contributed by atoms with E-state index in [0.717, 1.165) is 0 Å². The fourth-order valence-corrected chi connectivity index (χ4v) is 1.36. The van der Waals surface area contributed by atoms with E-state index in [2.05, 4.69) is 4.98 Å². The van der Waals surface area contributed by atoms with Gasteiger partial charge in [-0.2, -0.15) is 0 Å². The van der Waals surface area contributed by atoms with Crippen LogP contribution in [0.5, 0.6) is 5.75 Å². The van der Waals surface area contributed by atoms with Gasteiger partial charge in [-0.15, -0.1) is 0 Å². The largest absolute Gasteiger partial charge is 0.495 e. The molecule has 4 nitrogen and oxygen atoms in total. The van der Waals surface area contributed by atoms with Crippen LogP contribution in [0, 0.1) is 0 Å². The van der Waals surface area contributed by atoms with Gasteiger partial charge in [0.05, 0.1) is 25.6 Å².